The Kier molecular flexibility index (Phi) is 6.64. The third-order valence-corrected chi connectivity index (χ3v) is 3.71. The highest BCUT2D eigenvalue weighted by molar-refractivity contribution is 6.30. The van der Waals surface area contributed by atoms with Crippen LogP contribution < -0.4 is 4.90 Å². The van der Waals surface area contributed by atoms with Crippen LogP contribution in [0.1, 0.15) is 39.9 Å². The van der Waals surface area contributed by atoms with Gasteiger partial charge in [0.1, 0.15) is 28.5 Å². The number of nitrogens with one attached hydrogen (secondary N) is 1. The molecule has 2 aromatic rings. The number of nitrogens with zero attached hydrogens (tertiary/aromatic N) is 3. The van der Waals surface area contributed by atoms with Crippen LogP contribution >= 0.6 is 11.6 Å². The number of fused-ring (bicyclic) bond motifs is 1. The zero-order valence-electron chi connectivity index (χ0n) is 16.3. The molecule has 0 radical (unpaired) electrons. The molecule has 0 aliphatic heterocycles. The molecular weight excluding hydrogens is 372 g/mol. The van der Waals surface area contributed by atoms with Gasteiger partial charge in [0.2, 0.25) is 0 Å². The molecule has 1 N–H and O–H groups in total. The van der Waals surface area contributed by atoms with Crippen LogP contribution in [0.4, 0.5) is 5.82 Å². The molecular formula is C18H25ClN4O4. The number of rotatable bonds is 7. The van der Waals surface area contributed by atoms with E-state index >= 15 is 0 Å². The monoisotopic (exact) mass is 396 g/mol. The summed E-state index contributed by atoms with van der Waals surface area (Å²) in [7, 11) is 1.79. The minimum Gasteiger partial charge on any atom is -0.466 e. The van der Waals surface area contributed by atoms with Crippen LogP contribution in [0.3, 0.4) is 0 Å². The van der Waals surface area contributed by atoms with Crippen molar-refractivity contribution < 1.29 is 19.1 Å². The maximum atomic E-state index is 11.9. The second kappa shape index (κ2) is 8.56. The van der Waals surface area contributed by atoms with Crippen LogP contribution in [-0.2, 0) is 25.5 Å². The molecule has 9 heteroatoms. The number of pyridine rings is 1. The van der Waals surface area contributed by atoms with Crippen LogP contribution in [0.2, 0.25) is 5.15 Å². The average molecular weight is 397 g/mol. The van der Waals surface area contributed by atoms with Gasteiger partial charge in [-0.1, -0.05) is 11.6 Å². The average Bonchev–Trinajstić information content (AvgIpc) is 2.92. The molecule has 0 aliphatic rings. The molecule has 0 bridgehead atoms. The summed E-state index contributed by atoms with van der Waals surface area (Å²) in [5, 5.41) is 0.285. The number of halogens is 1. The standard InChI is InChI=1S/C18H25ClN4O4/c1-6-26-15(25)10-13-20-11-9-12(19)21-17(16(11)22-13)23(5)8-7-14(24)27-18(2,3)4/h9H,6-8,10H2,1-5H3,(H,20,22). The highest BCUT2D eigenvalue weighted by Crippen LogP contribution is 2.26. The summed E-state index contributed by atoms with van der Waals surface area (Å²) in [6.07, 6.45) is 0.227. The van der Waals surface area contributed by atoms with E-state index < -0.39 is 5.60 Å². The number of esters is 2. The molecule has 2 aromatic heterocycles. The SMILES string of the molecule is CCOC(=O)Cc1nc2c(N(C)CCC(=O)OC(C)(C)C)nc(Cl)cc2[nH]1. The molecule has 148 valence electrons. The minimum absolute atomic E-state index is 0.0290. The lowest BCUT2D eigenvalue weighted by Gasteiger charge is -2.22. The van der Waals surface area contributed by atoms with E-state index in [1.807, 2.05) is 20.8 Å². The van der Waals surface area contributed by atoms with Gasteiger partial charge >= 0.3 is 11.9 Å². The molecule has 2 heterocycles. The summed E-state index contributed by atoms with van der Waals surface area (Å²) in [5.41, 5.74) is 0.709. The van der Waals surface area contributed by atoms with E-state index in [0.717, 1.165) is 0 Å². The van der Waals surface area contributed by atoms with E-state index in [4.69, 9.17) is 21.1 Å². The number of hydrogen-bond donors (Lipinski definition) is 1. The molecule has 0 saturated carbocycles. The number of carbonyl (C=O) groups excluding carboxylic acids is 2. The Hall–Kier alpha value is -2.35. The quantitative estimate of drug-likeness (QED) is 0.567. The van der Waals surface area contributed by atoms with Gasteiger partial charge < -0.3 is 19.4 Å². The van der Waals surface area contributed by atoms with Gasteiger partial charge in [-0.05, 0) is 27.7 Å². The van der Waals surface area contributed by atoms with Crippen LogP contribution in [0.5, 0.6) is 0 Å². The molecule has 0 saturated heterocycles. The molecule has 0 fully saturated rings. The van der Waals surface area contributed by atoms with E-state index in [-0.39, 0.29) is 29.9 Å². The lowest BCUT2D eigenvalue weighted by molar-refractivity contribution is -0.154. The summed E-state index contributed by atoms with van der Waals surface area (Å²) < 4.78 is 10.3. The third kappa shape index (κ3) is 6.09. The molecule has 27 heavy (non-hydrogen) atoms. The molecule has 0 aliphatic carbocycles. The molecule has 0 spiro atoms. The number of carbonyl (C=O) groups is 2. The second-order valence-corrected chi connectivity index (χ2v) is 7.48. The number of H-pyrrole nitrogens is 1. The maximum absolute atomic E-state index is 11.9. The Morgan fingerprint density at radius 3 is 2.59 bits per heavy atom. The zero-order chi connectivity index (χ0) is 20.2. The van der Waals surface area contributed by atoms with Crippen molar-refractivity contribution in [1.82, 2.24) is 15.0 Å². The topological polar surface area (TPSA) is 97.4 Å². The summed E-state index contributed by atoms with van der Waals surface area (Å²) >= 11 is 6.11. The van der Waals surface area contributed by atoms with Gasteiger partial charge in [0.05, 0.1) is 18.5 Å². The van der Waals surface area contributed by atoms with Gasteiger partial charge in [0, 0.05) is 19.7 Å². The largest absolute Gasteiger partial charge is 0.466 e. The summed E-state index contributed by atoms with van der Waals surface area (Å²) in [6.45, 7) is 7.92. The zero-order valence-corrected chi connectivity index (χ0v) is 17.0. The van der Waals surface area contributed by atoms with Gasteiger partial charge in [-0.15, -0.1) is 0 Å². The Morgan fingerprint density at radius 2 is 1.96 bits per heavy atom. The van der Waals surface area contributed by atoms with Gasteiger partial charge in [-0.25, -0.2) is 9.97 Å². The fourth-order valence-electron chi connectivity index (χ4n) is 2.47. The molecule has 0 atom stereocenters. The van der Waals surface area contributed by atoms with E-state index in [1.54, 1.807) is 24.9 Å². The van der Waals surface area contributed by atoms with Gasteiger partial charge in [-0.2, -0.15) is 0 Å². The van der Waals surface area contributed by atoms with Crippen molar-refractivity contribution in [2.45, 2.75) is 46.1 Å². The Bertz CT molecular complexity index is 829. The van der Waals surface area contributed by atoms with Gasteiger partial charge in [0.15, 0.2) is 5.82 Å². The first-order chi connectivity index (χ1) is 12.6. The molecule has 0 unspecified atom stereocenters. The molecule has 0 amide bonds. The smallest absolute Gasteiger partial charge is 0.313 e. The lowest BCUT2D eigenvalue weighted by Crippen LogP contribution is -2.28. The second-order valence-electron chi connectivity index (χ2n) is 7.09. The van der Waals surface area contributed by atoms with E-state index in [2.05, 4.69) is 15.0 Å². The van der Waals surface area contributed by atoms with Crippen molar-refractivity contribution in [3.63, 3.8) is 0 Å². The predicted molar refractivity (Wildman–Crippen MR) is 103 cm³/mol. The molecule has 0 aromatic carbocycles. The number of ether oxygens (including phenoxy) is 2. The summed E-state index contributed by atoms with van der Waals surface area (Å²) in [5.74, 6) is 0.329. The highest BCUT2D eigenvalue weighted by atomic mass is 35.5. The van der Waals surface area contributed by atoms with Crippen molar-refractivity contribution in [2.24, 2.45) is 0 Å². The highest BCUT2D eigenvalue weighted by Gasteiger charge is 2.19. The van der Waals surface area contributed by atoms with Crippen molar-refractivity contribution in [1.29, 1.82) is 0 Å². The van der Waals surface area contributed by atoms with Crippen LogP contribution in [-0.4, -0.2) is 52.7 Å². The van der Waals surface area contributed by atoms with E-state index in [9.17, 15) is 9.59 Å². The van der Waals surface area contributed by atoms with E-state index in [1.165, 1.54) is 0 Å². The lowest BCUT2D eigenvalue weighted by atomic mass is 10.2. The minimum atomic E-state index is -0.526. The van der Waals surface area contributed by atoms with Crippen molar-refractivity contribution in [3.05, 3.63) is 17.0 Å². The fourth-order valence-corrected chi connectivity index (χ4v) is 2.66. The number of hydrogen-bond acceptors (Lipinski definition) is 7. The number of anilines is 1. The Labute approximate surface area is 163 Å². The van der Waals surface area contributed by atoms with Crippen molar-refractivity contribution in [3.8, 4) is 0 Å². The summed E-state index contributed by atoms with van der Waals surface area (Å²) in [6, 6.07) is 1.64. The summed E-state index contributed by atoms with van der Waals surface area (Å²) in [4.78, 5) is 37.2. The fraction of sp³-hybridized carbons (Fsp3) is 0.556. The van der Waals surface area contributed by atoms with Crippen LogP contribution in [0.15, 0.2) is 6.07 Å². The number of aromatic amines is 1. The third-order valence-electron chi connectivity index (χ3n) is 3.52. The first kappa shape index (κ1) is 21.0. The number of aromatic nitrogens is 3. The van der Waals surface area contributed by atoms with E-state index in [0.29, 0.717) is 35.8 Å². The molecule has 8 nitrogen and oxygen atoms in total. The Balaban J connectivity index is 2.17. The predicted octanol–water partition coefficient (Wildman–Crippen LogP) is 2.88. The maximum Gasteiger partial charge on any atom is 0.313 e. The van der Waals surface area contributed by atoms with Crippen LogP contribution in [0.25, 0.3) is 11.0 Å². The van der Waals surface area contributed by atoms with Gasteiger partial charge in [0.25, 0.3) is 0 Å². The molecule has 2 rings (SSSR count). The first-order valence-electron chi connectivity index (χ1n) is 8.72. The number of imidazole rings is 1. The van der Waals surface area contributed by atoms with Crippen molar-refractivity contribution >= 4 is 40.4 Å². The normalized spacial score (nSPS) is 11.5. The first-order valence-corrected chi connectivity index (χ1v) is 9.10. The van der Waals surface area contributed by atoms with Crippen LogP contribution in [0, 0.1) is 0 Å². The van der Waals surface area contributed by atoms with Crippen molar-refractivity contribution in [2.75, 3.05) is 25.1 Å². The Morgan fingerprint density at radius 1 is 1.26 bits per heavy atom. The van der Waals surface area contributed by atoms with Gasteiger partial charge in [-0.3, -0.25) is 9.59 Å².